The molecule has 2 rings (SSSR count). The van der Waals surface area contributed by atoms with Crippen molar-refractivity contribution in [1.29, 1.82) is 0 Å². The molecule has 0 aromatic heterocycles. The number of halogens is 3. The fourth-order valence-corrected chi connectivity index (χ4v) is 3.08. The largest absolute Gasteiger partial charge is 0.444 e. The van der Waals surface area contributed by atoms with Gasteiger partial charge in [0.25, 0.3) is 0 Å². The molecule has 1 heterocycles. The van der Waals surface area contributed by atoms with Crippen LogP contribution in [0.25, 0.3) is 0 Å². The van der Waals surface area contributed by atoms with Gasteiger partial charge in [-0.15, -0.1) is 0 Å². The van der Waals surface area contributed by atoms with Gasteiger partial charge in [0.2, 0.25) is 0 Å². The van der Waals surface area contributed by atoms with E-state index >= 15 is 0 Å². The fraction of sp³-hybridized carbons (Fsp3) is 0.579. The summed E-state index contributed by atoms with van der Waals surface area (Å²) in [5, 5.41) is 2.61. The van der Waals surface area contributed by atoms with Crippen LogP contribution in [0.1, 0.15) is 47.1 Å². The first-order valence-corrected chi connectivity index (χ1v) is 9.55. The number of alkyl carbamates (subject to hydrolysis) is 1. The van der Waals surface area contributed by atoms with Gasteiger partial charge in [-0.25, -0.2) is 18.4 Å². The molecular formula is C19H25BrF2N2O4. The van der Waals surface area contributed by atoms with E-state index in [4.69, 9.17) is 9.47 Å². The molecule has 2 amide bonds. The Bertz CT molecular complexity index is 781. The number of nitrogens with one attached hydrogen (secondary N) is 1. The highest BCUT2D eigenvalue weighted by Crippen LogP contribution is 2.37. The summed E-state index contributed by atoms with van der Waals surface area (Å²) in [6, 6.07) is 1.99. The molecule has 0 atom stereocenters. The summed E-state index contributed by atoms with van der Waals surface area (Å²) in [6.45, 7) is 10.1. The molecule has 9 heteroatoms. The molecular weight excluding hydrogens is 438 g/mol. The van der Waals surface area contributed by atoms with Gasteiger partial charge in [0.05, 0.1) is 17.6 Å². The summed E-state index contributed by atoms with van der Waals surface area (Å²) in [5.41, 5.74) is -2.88. The minimum atomic E-state index is -1.33. The number of hydrogen-bond acceptors (Lipinski definition) is 4. The zero-order valence-corrected chi connectivity index (χ0v) is 18.4. The maximum Gasteiger partial charge on any atom is 0.410 e. The van der Waals surface area contributed by atoms with Gasteiger partial charge in [-0.05, 0) is 69.6 Å². The van der Waals surface area contributed by atoms with Crippen molar-refractivity contribution in [3.63, 3.8) is 0 Å². The van der Waals surface area contributed by atoms with Crippen molar-refractivity contribution in [2.24, 2.45) is 0 Å². The molecule has 6 nitrogen and oxygen atoms in total. The monoisotopic (exact) mass is 462 g/mol. The molecule has 1 aliphatic heterocycles. The fourth-order valence-electron chi connectivity index (χ4n) is 2.77. The molecule has 0 unspecified atom stereocenters. The number of amides is 2. The summed E-state index contributed by atoms with van der Waals surface area (Å²) in [5.74, 6) is -1.40. The SMILES string of the molecule is CC(C)(C)OC(=O)NC1(c2cc(F)c(Br)cc2F)CN(C(=O)OC(C)(C)C)C1. The Balaban J connectivity index is 2.30. The number of likely N-dealkylation sites (tertiary alicyclic amines) is 1. The molecule has 156 valence electrons. The number of rotatable bonds is 2. The first-order valence-electron chi connectivity index (χ1n) is 8.76. The summed E-state index contributed by atoms with van der Waals surface area (Å²) >= 11 is 2.93. The summed E-state index contributed by atoms with van der Waals surface area (Å²) in [7, 11) is 0. The maximum absolute atomic E-state index is 14.6. The van der Waals surface area contributed by atoms with Gasteiger partial charge < -0.3 is 19.7 Å². The minimum absolute atomic E-state index is 0.0375. The number of carbonyl (C=O) groups is 2. The van der Waals surface area contributed by atoms with Gasteiger partial charge in [-0.1, -0.05) is 0 Å². The number of carbonyl (C=O) groups excluding carboxylic acids is 2. The van der Waals surface area contributed by atoms with Crippen LogP contribution in [-0.2, 0) is 15.0 Å². The average Bonchev–Trinajstić information content (AvgIpc) is 2.42. The van der Waals surface area contributed by atoms with E-state index in [1.807, 2.05) is 0 Å². The van der Waals surface area contributed by atoms with E-state index in [-0.39, 0.29) is 23.1 Å². The Morgan fingerprint density at radius 1 is 1.04 bits per heavy atom. The molecule has 28 heavy (non-hydrogen) atoms. The highest BCUT2D eigenvalue weighted by atomic mass is 79.9. The second-order valence-electron chi connectivity index (χ2n) is 8.79. The van der Waals surface area contributed by atoms with Gasteiger partial charge in [0.1, 0.15) is 28.4 Å². The third kappa shape index (κ3) is 5.33. The molecule has 1 saturated heterocycles. The topological polar surface area (TPSA) is 67.9 Å². The van der Waals surface area contributed by atoms with Crippen LogP contribution in [0.4, 0.5) is 18.4 Å². The van der Waals surface area contributed by atoms with E-state index in [2.05, 4.69) is 21.2 Å². The normalized spacial score (nSPS) is 16.2. The van der Waals surface area contributed by atoms with Gasteiger partial charge >= 0.3 is 12.2 Å². The Morgan fingerprint density at radius 3 is 2.07 bits per heavy atom. The predicted octanol–water partition coefficient (Wildman–Crippen LogP) is 4.70. The maximum atomic E-state index is 14.6. The van der Waals surface area contributed by atoms with Crippen LogP contribution < -0.4 is 5.32 Å². The number of hydrogen-bond donors (Lipinski definition) is 1. The summed E-state index contributed by atoms with van der Waals surface area (Å²) in [6.07, 6.45) is -1.40. The second-order valence-corrected chi connectivity index (χ2v) is 9.65. The Labute approximate surface area is 171 Å². The lowest BCUT2D eigenvalue weighted by Crippen LogP contribution is -2.69. The molecule has 1 fully saturated rings. The van der Waals surface area contributed by atoms with E-state index < -0.39 is 40.6 Å². The first-order chi connectivity index (χ1) is 12.6. The lowest BCUT2D eigenvalue weighted by Gasteiger charge is -2.50. The highest BCUT2D eigenvalue weighted by Gasteiger charge is 2.51. The third-order valence-electron chi connectivity index (χ3n) is 3.84. The average molecular weight is 463 g/mol. The minimum Gasteiger partial charge on any atom is -0.444 e. The Hall–Kier alpha value is -1.90. The van der Waals surface area contributed by atoms with Crippen LogP contribution in [0.15, 0.2) is 16.6 Å². The molecule has 0 aliphatic carbocycles. The lowest BCUT2D eigenvalue weighted by atomic mass is 9.82. The van der Waals surface area contributed by atoms with E-state index in [1.54, 1.807) is 41.5 Å². The van der Waals surface area contributed by atoms with Crippen LogP contribution in [-0.4, -0.2) is 41.4 Å². The Morgan fingerprint density at radius 2 is 1.57 bits per heavy atom. The lowest BCUT2D eigenvalue weighted by molar-refractivity contribution is -0.0238. The second kappa shape index (κ2) is 7.50. The molecule has 1 aliphatic rings. The molecule has 0 spiro atoms. The van der Waals surface area contributed by atoms with Crippen molar-refractivity contribution in [2.75, 3.05) is 13.1 Å². The smallest absolute Gasteiger partial charge is 0.410 e. The van der Waals surface area contributed by atoms with E-state index in [9.17, 15) is 18.4 Å². The number of ether oxygens (including phenoxy) is 2. The molecule has 1 aromatic rings. The van der Waals surface area contributed by atoms with Crippen molar-refractivity contribution in [3.8, 4) is 0 Å². The standard InChI is InChI=1S/C19H25BrF2N2O4/c1-17(2,3)27-15(25)23-19(11-7-14(22)12(20)8-13(11)21)9-24(10-19)16(26)28-18(4,5)6/h7-8H,9-10H2,1-6H3,(H,23,25). The predicted molar refractivity (Wildman–Crippen MR) is 103 cm³/mol. The van der Waals surface area contributed by atoms with E-state index in [0.717, 1.165) is 12.1 Å². The number of nitrogens with zero attached hydrogens (tertiary/aromatic N) is 1. The van der Waals surface area contributed by atoms with Crippen molar-refractivity contribution >= 4 is 28.1 Å². The molecule has 0 bridgehead atoms. The van der Waals surface area contributed by atoms with Crippen LogP contribution in [0.2, 0.25) is 0 Å². The Kier molecular flexibility index (Phi) is 5.99. The van der Waals surface area contributed by atoms with Crippen LogP contribution in [0.5, 0.6) is 0 Å². The van der Waals surface area contributed by atoms with Crippen LogP contribution in [0, 0.1) is 11.6 Å². The number of benzene rings is 1. The molecule has 1 N–H and O–H groups in total. The quantitative estimate of drug-likeness (QED) is 0.646. The van der Waals surface area contributed by atoms with Gasteiger partial charge in [0.15, 0.2) is 0 Å². The zero-order chi connectivity index (χ0) is 21.5. The zero-order valence-electron chi connectivity index (χ0n) is 16.8. The van der Waals surface area contributed by atoms with E-state index in [1.165, 1.54) is 4.90 Å². The van der Waals surface area contributed by atoms with E-state index in [0.29, 0.717) is 0 Å². The van der Waals surface area contributed by atoms with Crippen LogP contribution in [0.3, 0.4) is 0 Å². The van der Waals surface area contributed by atoms with Crippen molar-refractivity contribution < 1.29 is 27.8 Å². The molecule has 0 radical (unpaired) electrons. The third-order valence-corrected chi connectivity index (χ3v) is 4.45. The van der Waals surface area contributed by atoms with Gasteiger partial charge in [0, 0.05) is 5.56 Å². The molecule has 0 saturated carbocycles. The van der Waals surface area contributed by atoms with Crippen molar-refractivity contribution in [3.05, 3.63) is 33.8 Å². The summed E-state index contributed by atoms with van der Waals surface area (Å²) < 4.78 is 39.2. The van der Waals surface area contributed by atoms with Crippen molar-refractivity contribution in [1.82, 2.24) is 10.2 Å². The first kappa shape index (κ1) is 22.4. The van der Waals surface area contributed by atoms with Crippen molar-refractivity contribution in [2.45, 2.75) is 58.3 Å². The summed E-state index contributed by atoms with van der Waals surface area (Å²) in [4.78, 5) is 25.9. The van der Waals surface area contributed by atoms with Crippen LogP contribution >= 0.6 is 15.9 Å². The highest BCUT2D eigenvalue weighted by molar-refractivity contribution is 9.10. The molecule has 1 aromatic carbocycles. The van der Waals surface area contributed by atoms with Gasteiger partial charge in [-0.3, -0.25) is 0 Å². The van der Waals surface area contributed by atoms with Gasteiger partial charge in [-0.2, -0.15) is 0 Å².